The van der Waals surface area contributed by atoms with Crippen molar-refractivity contribution in [1.29, 1.82) is 0 Å². The van der Waals surface area contributed by atoms with Gasteiger partial charge in [0.2, 0.25) is 0 Å². The van der Waals surface area contributed by atoms with E-state index in [1.165, 1.54) is 16.2 Å². The fraction of sp³-hybridized carbons (Fsp3) is 0.500. The Hall–Kier alpha value is 0.439. The van der Waals surface area contributed by atoms with E-state index < -0.39 is 0 Å². The van der Waals surface area contributed by atoms with Crippen molar-refractivity contribution in [3.05, 3.63) is 20.4 Å². The SMILES string of the molecule is Brc1ccc[se]1.C1CCOC1. The van der Waals surface area contributed by atoms with Gasteiger partial charge in [0.05, 0.1) is 0 Å². The summed E-state index contributed by atoms with van der Waals surface area (Å²) >= 11 is 3.99. The second kappa shape index (κ2) is 6.01. The van der Waals surface area contributed by atoms with Crippen LogP contribution in [0.25, 0.3) is 0 Å². The van der Waals surface area contributed by atoms with E-state index in [1.54, 1.807) is 0 Å². The number of hydrogen-bond acceptors (Lipinski definition) is 1. The van der Waals surface area contributed by atoms with E-state index in [4.69, 9.17) is 4.74 Å². The van der Waals surface area contributed by atoms with Gasteiger partial charge >= 0.3 is 50.9 Å². The maximum absolute atomic E-state index is 4.94. The van der Waals surface area contributed by atoms with Crippen LogP contribution >= 0.6 is 15.9 Å². The average molecular weight is 282 g/mol. The largest absolute Gasteiger partial charge is 0.381 e. The molecule has 62 valence electrons. The number of halogens is 1. The van der Waals surface area contributed by atoms with Gasteiger partial charge in [0.25, 0.3) is 0 Å². The van der Waals surface area contributed by atoms with Gasteiger partial charge in [0, 0.05) is 13.2 Å². The first-order valence-electron chi connectivity index (χ1n) is 3.66. The van der Waals surface area contributed by atoms with Crippen LogP contribution in [0.1, 0.15) is 12.8 Å². The molecule has 0 amide bonds. The Morgan fingerprint density at radius 3 is 2.27 bits per heavy atom. The summed E-state index contributed by atoms with van der Waals surface area (Å²) in [5.74, 6) is 0. The van der Waals surface area contributed by atoms with Gasteiger partial charge in [-0.25, -0.2) is 0 Å². The maximum atomic E-state index is 4.94. The van der Waals surface area contributed by atoms with E-state index in [0.717, 1.165) is 13.2 Å². The third-order valence-corrected chi connectivity index (χ3v) is 3.92. The third-order valence-electron chi connectivity index (χ3n) is 1.31. The van der Waals surface area contributed by atoms with Gasteiger partial charge < -0.3 is 4.74 Å². The molecule has 1 fully saturated rings. The van der Waals surface area contributed by atoms with Crippen LogP contribution in [0, 0.1) is 0 Å². The molecule has 0 saturated carbocycles. The van der Waals surface area contributed by atoms with Crippen LogP contribution in [0.2, 0.25) is 0 Å². The van der Waals surface area contributed by atoms with Crippen LogP contribution in [-0.4, -0.2) is 27.7 Å². The predicted octanol–water partition coefficient (Wildman–Crippen LogP) is 2.30. The molecule has 0 radical (unpaired) electrons. The van der Waals surface area contributed by atoms with Crippen LogP contribution in [0.5, 0.6) is 0 Å². The fourth-order valence-corrected chi connectivity index (χ4v) is 2.41. The molecule has 0 aliphatic carbocycles. The minimum Gasteiger partial charge on any atom is -0.381 e. The van der Waals surface area contributed by atoms with Gasteiger partial charge in [-0.05, 0) is 12.8 Å². The molecule has 0 spiro atoms. The summed E-state index contributed by atoms with van der Waals surface area (Å²) in [6, 6.07) is 4.16. The first-order valence-corrected chi connectivity index (χ1v) is 6.30. The van der Waals surface area contributed by atoms with Crippen molar-refractivity contribution in [3.63, 3.8) is 0 Å². The van der Waals surface area contributed by atoms with Gasteiger partial charge in [-0.1, -0.05) is 0 Å². The zero-order valence-corrected chi connectivity index (χ0v) is 9.55. The van der Waals surface area contributed by atoms with Crippen molar-refractivity contribution in [1.82, 2.24) is 0 Å². The van der Waals surface area contributed by atoms with Crippen LogP contribution in [-0.2, 0) is 4.74 Å². The molecule has 1 nitrogen and oxygen atoms in total. The Balaban J connectivity index is 0.000000112. The summed E-state index contributed by atoms with van der Waals surface area (Å²) in [6.07, 6.45) is 2.56. The van der Waals surface area contributed by atoms with Crippen LogP contribution < -0.4 is 0 Å². The third kappa shape index (κ3) is 4.81. The van der Waals surface area contributed by atoms with E-state index in [2.05, 4.69) is 33.0 Å². The molecule has 1 aromatic rings. The Kier molecular flexibility index (Phi) is 5.21. The molecule has 0 aromatic carbocycles. The monoisotopic (exact) mass is 282 g/mol. The summed E-state index contributed by atoms with van der Waals surface area (Å²) in [5.41, 5.74) is 0. The molecule has 0 atom stereocenters. The van der Waals surface area contributed by atoms with Crippen LogP contribution in [0.15, 0.2) is 20.4 Å². The Morgan fingerprint density at radius 1 is 1.36 bits per heavy atom. The zero-order chi connectivity index (χ0) is 7.94. The minimum atomic E-state index is 0.625. The molecule has 1 saturated heterocycles. The number of ether oxygens (including phenoxy) is 1. The number of rotatable bonds is 0. The first kappa shape index (κ1) is 9.53. The molecule has 2 rings (SSSR count). The predicted molar refractivity (Wildman–Crippen MR) is 51.1 cm³/mol. The number of hydrogen-bond donors (Lipinski definition) is 0. The summed E-state index contributed by atoms with van der Waals surface area (Å²) < 4.78 is 6.29. The van der Waals surface area contributed by atoms with Gasteiger partial charge in [0.15, 0.2) is 0 Å². The zero-order valence-electron chi connectivity index (χ0n) is 6.25. The Bertz CT molecular complexity index is 163. The quantitative estimate of drug-likeness (QED) is 0.663. The molecule has 2 heterocycles. The summed E-state index contributed by atoms with van der Waals surface area (Å²) in [5, 5.41) is 0. The van der Waals surface area contributed by atoms with Gasteiger partial charge in [0.1, 0.15) is 0 Å². The second-order valence-corrected chi connectivity index (χ2v) is 6.26. The molecule has 11 heavy (non-hydrogen) atoms. The fourth-order valence-electron chi connectivity index (χ4n) is 0.769. The minimum absolute atomic E-state index is 0.625. The van der Waals surface area contributed by atoms with Crippen molar-refractivity contribution in [3.8, 4) is 0 Å². The van der Waals surface area contributed by atoms with Gasteiger partial charge in [-0.2, -0.15) is 0 Å². The van der Waals surface area contributed by atoms with Crippen LogP contribution in [0.3, 0.4) is 0 Å². The first-order chi connectivity index (χ1) is 5.39. The van der Waals surface area contributed by atoms with Gasteiger partial charge in [-0.3, -0.25) is 0 Å². The summed E-state index contributed by atoms with van der Waals surface area (Å²) in [4.78, 5) is 2.18. The van der Waals surface area contributed by atoms with Crippen molar-refractivity contribution in [2.24, 2.45) is 0 Å². The van der Waals surface area contributed by atoms with Crippen molar-refractivity contribution in [2.45, 2.75) is 12.8 Å². The molecular weight excluding hydrogens is 271 g/mol. The van der Waals surface area contributed by atoms with E-state index in [0.29, 0.717) is 14.5 Å². The van der Waals surface area contributed by atoms with E-state index >= 15 is 0 Å². The van der Waals surface area contributed by atoms with E-state index in [-0.39, 0.29) is 0 Å². The summed E-state index contributed by atoms with van der Waals surface area (Å²) in [7, 11) is 0. The summed E-state index contributed by atoms with van der Waals surface area (Å²) in [6.45, 7) is 2.00. The Morgan fingerprint density at radius 2 is 2.09 bits per heavy atom. The van der Waals surface area contributed by atoms with Crippen LogP contribution in [0.4, 0.5) is 0 Å². The standard InChI is InChI=1S/C4H3BrSe.C4H8O/c5-4-2-1-3-6-4;1-2-4-5-3-1/h1-3H;1-4H2. The smallest absolute Gasteiger partial charge is 0.0466 e. The van der Waals surface area contributed by atoms with Crippen molar-refractivity contribution in [2.75, 3.05) is 13.2 Å². The van der Waals surface area contributed by atoms with Gasteiger partial charge in [-0.15, -0.1) is 0 Å². The molecule has 0 unspecified atom stereocenters. The molecule has 0 bridgehead atoms. The molecule has 1 aliphatic rings. The molecule has 0 N–H and O–H groups in total. The second-order valence-electron chi connectivity index (χ2n) is 2.24. The topological polar surface area (TPSA) is 9.23 Å². The molecular formula is C8H11BrOSe. The maximum Gasteiger partial charge on any atom is 0.0466 e. The van der Waals surface area contributed by atoms with E-state index in [1.807, 2.05) is 0 Å². The average Bonchev–Trinajstić information content (AvgIpc) is 2.57. The molecule has 3 heteroatoms. The van der Waals surface area contributed by atoms with E-state index in [9.17, 15) is 0 Å². The molecule has 1 aromatic heterocycles. The molecule has 1 aliphatic heterocycles. The normalized spacial score (nSPS) is 15.7. The van der Waals surface area contributed by atoms with Crippen molar-refractivity contribution < 1.29 is 4.74 Å². The Labute approximate surface area is 81.6 Å². The van der Waals surface area contributed by atoms with Crippen molar-refractivity contribution >= 4 is 30.4 Å².